The van der Waals surface area contributed by atoms with E-state index in [9.17, 15) is 0 Å². The fourth-order valence-corrected chi connectivity index (χ4v) is 2.26. The van der Waals surface area contributed by atoms with Gasteiger partial charge in [-0.1, -0.05) is 6.58 Å². The first kappa shape index (κ1) is 13.6. The Morgan fingerprint density at radius 2 is 2.29 bits per heavy atom. The van der Waals surface area contributed by atoms with Crippen molar-refractivity contribution >= 4 is 27.3 Å². The Morgan fingerprint density at radius 3 is 2.57 bits per heavy atom. The van der Waals surface area contributed by atoms with Crippen molar-refractivity contribution < 1.29 is 0 Å². The summed E-state index contributed by atoms with van der Waals surface area (Å²) in [4.78, 5) is 2.55. The number of hydrazine groups is 1. The summed E-state index contributed by atoms with van der Waals surface area (Å²) in [7, 11) is 1.81. The van der Waals surface area contributed by atoms with E-state index in [1.165, 1.54) is 14.2 Å². The van der Waals surface area contributed by atoms with Gasteiger partial charge in [0, 0.05) is 27.8 Å². The first-order valence-corrected chi connectivity index (χ1v) is 5.73. The number of thiophene rings is 1. The van der Waals surface area contributed by atoms with E-state index < -0.39 is 0 Å². The molecule has 1 rings (SSSR count). The summed E-state index contributed by atoms with van der Waals surface area (Å²) in [6.07, 6.45) is 1.62. The molecule has 0 fully saturated rings. The van der Waals surface area contributed by atoms with Gasteiger partial charge in [-0.05, 0) is 35.1 Å². The standard InChI is InChI=1S/C6H9BrN2S.C3H7N/c1-4-6(7)2-5(10-4)3-9-8;1-3-4-2/h2,9H,3,8H2,1H3;3-4H,1H2,2H3. The van der Waals surface area contributed by atoms with E-state index in [-0.39, 0.29) is 0 Å². The lowest BCUT2D eigenvalue weighted by molar-refractivity contribution is 0.751. The molecule has 4 N–H and O–H groups in total. The molecule has 14 heavy (non-hydrogen) atoms. The molecule has 0 aliphatic carbocycles. The second-order valence-electron chi connectivity index (χ2n) is 2.49. The van der Waals surface area contributed by atoms with Crippen molar-refractivity contribution in [2.24, 2.45) is 5.84 Å². The first-order valence-electron chi connectivity index (χ1n) is 4.12. The highest BCUT2D eigenvalue weighted by atomic mass is 79.9. The Kier molecular flexibility index (Phi) is 7.78. The number of nitrogens with two attached hydrogens (primary N) is 1. The van der Waals surface area contributed by atoms with Gasteiger partial charge in [0.15, 0.2) is 0 Å². The van der Waals surface area contributed by atoms with Gasteiger partial charge in [-0.25, -0.2) is 0 Å². The van der Waals surface area contributed by atoms with Gasteiger partial charge in [0.1, 0.15) is 0 Å². The van der Waals surface area contributed by atoms with Crippen molar-refractivity contribution in [3.05, 3.63) is 33.1 Å². The summed E-state index contributed by atoms with van der Waals surface area (Å²) in [6, 6.07) is 2.08. The van der Waals surface area contributed by atoms with E-state index >= 15 is 0 Å². The molecule has 1 aromatic heterocycles. The maximum Gasteiger partial charge on any atom is 0.0443 e. The Morgan fingerprint density at radius 1 is 1.71 bits per heavy atom. The lowest BCUT2D eigenvalue weighted by Gasteiger charge is -1.90. The average molecular weight is 278 g/mol. The minimum absolute atomic E-state index is 0.747. The number of aryl methyl sites for hydroxylation is 1. The van der Waals surface area contributed by atoms with Gasteiger partial charge in [-0.2, -0.15) is 0 Å². The third-order valence-corrected chi connectivity index (χ3v) is 3.53. The molecule has 0 saturated heterocycles. The summed E-state index contributed by atoms with van der Waals surface area (Å²) in [5.74, 6) is 5.16. The molecule has 0 atom stereocenters. The molecule has 0 spiro atoms. The van der Waals surface area contributed by atoms with Crippen molar-refractivity contribution in [2.45, 2.75) is 13.5 Å². The largest absolute Gasteiger partial charge is 0.394 e. The summed E-state index contributed by atoms with van der Waals surface area (Å²) >= 11 is 5.18. The summed E-state index contributed by atoms with van der Waals surface area (Å²) in [6.45, 7) is 6.19. The molecule has 1 aromatic rings. The van der Waals surface area contributed by atoms with E-state index in [0.29, 0.717) is 0 Å². The molecular weight excluding hydrogens is 262 g/mol. The van der Waals surface area contributed by atoms with Gasteiger partial charge in [-0.3, -0.25) is 11.3 Å². The van der Waals surface area contributed by atoms with Crippen LogP contribution in [0.1, 0.15) is 9.75 Å². The molecule has 0 unspecified atom stereocenters. The van der Waals surface area contributed by atoms with Crippen LogP contribution in [-0.2, 0) is 6.54 Å². The highest BCUT2D eigenvalue weighted by molar-refractivity contribution is 9.10. The van der Waals surface area contributed by atoms with E-state index in [4.69, 9.17) is 5.84 Å². The number of rotatable bonds is 3. The van der Waals surface area contributed by atoms with Gasteiger partial charge in [0.2, 0.25) is 0 Å². The second kappa shape index (κ2) is 7.99. The van der Waals surface area contributed by atoms with Crippen LogP contribution in [0.2, 0.25) is 0 Å². The van der Waals surface area contributed by atoms with Crippen LogP contribution in [0.25, 0.3) is 0 Å². The molecule has 80 valence electrons. The summed E-state index contributed by atoms with van der Waals surface area (Å²) in [5.41, 5.74) is 2.61. The molecule has 1 heterocycles. The van der Waals surface area contributed by atoms with E-state index in [1.807, 2.05) is 7.05 Å². The maximum absolute atomic E-state index is 5.16. The van der Waals surface area contributed by atoms with Crippen molar-refractivity contribution in [1.29, 1.82) is 0 Å². The molecule has 0 aliphatic rings. The van der Waals surface area contributed by atoms with Crippen LogP contribution in [0.4, 0.5) is 0 Å². The molecule has 0 saturated carbocycles. The SMILES string of the molecule is C=CNC.Cc1sc(CNN)cc1Br. The molecule has 0 aliphatic heterocycles. The predicted octanol–water partition coefficient (Wildman–Crippen LogP) is 2.13. The minimum Gasteiger partial charge on any atom is -0.394 e. The number of nitrogens with one attached hydrogen (secondary N) is 2. The van der Waals surface area contributed by atoms with Gasteiger partial charge in [-0.15, -0.1) is 11.3 Å². The Balaban J connectivity index is 0.000000364. The zero-order chi connectivity index (χ0) is 11.0. The molecule has 5 heteroatoms. The van der Waals surface area contributed by atoms with Gasteiger partial charge < -0.3 is 5.32 Å². The fourth-order valence-electron chi connectivity index (χ4n) is 0.706. The quantitative estimate of drug-likeness (QED) is 0.586. The van der Waals surface area contributed by atoms with Crippen LogP contribution >= 0.6 is 27.3 Å². The zero-order valence-electron chi connectivity index (χ0n) is 8.43. The third-order valence-electron chi connectivity index (χ3n) is 1.39. The van der Waals surface area contributed by atoms with Crippen molar-refractivity contribution in [3.63, 3.8) is 0 Å². The molecular formula is C9H16BrN3S. The normalized spacial score (nSPS) is 8.86. The molecule has 0 radical (unpaired) electrons. The highest BCUT2D eigenvalue weighted by Crippen LogP contribution is 2.25. The van der Waals surface area contributed by atoms with Crippen LogP contribution < -0.4 is 16.6 Å². The first-order chi connectivity index (χ1) is 6.65. The summed E-state index contributed by atoms with van der Waals surface area (Å²) in [5, 5.41) is 2.69. The molecule has 0 aromatic carbocycles. The van der Waals surface area contributed by atoms with Crippen LogP contribution in [0.15, 0.2) is 23.3 Å². The fraction of sp³-hybridized carbons (Fsp3) is 0.333. The van der Waals surface area contributed by atoms with E-state index in [1.54, 1.807) is 17.5 Å². The lowest BCUT2D eigenvalue weighted by Crippen LogP contribution is -2.19. The number of hydrogen-bond acceptors (Lipinski definition) is 4. The lowest BCUT2D eigenvalue weighted by atomic mass is 10.4. The van der Waals surface area contributed by atoms with Gasteiger partial charge >= 0.3 is 0 Å². The Labute approximate surface area is 97.5 Å². The summed E-state index contributed by atoms with van der Waals surface area (Å²) < 4.78 is 1.17. The predicted molar refractivity (Wildman–Crippen MR) is 67.0 cm³/mol. The van der Waals surface area contributed by atoms with E-state index in [0.717, 1.165) is 6.54 Å². The van der Waals surface area contributed by atoms with Crippen LogP contribution in [0.5, 0.6) is 0 Å². The molecule has 0 amide bonds. The van der Waals surface area contributed by atoms with Crippen molar-refractivity contribution in [3.8, 4) is 0 Å². The van der Waals surface area contributed by atoms with Gasteiger partial charge in [0.05, 0.1) is 0 Å². The monoisotopic (exact) mass is 277 g/mol. The van der Waals surface area contributed by atoms with Crippen LogP contribution in [0.3, 0.4) is 0 Å². The van der Waals surface area contributed by atoms with Crippen LogP contribution in [0, 0.1) is 6.92 Å². The maximum atomic E-state index is 5.16. The third kappa shape index (κ3) is 5.39. The molecule has 3 nitrogen and oxygen atoms in total. The zero-order valence-corrected chi connectivity index (χ0v) is 10.8. The minimum atomic E-state index is 0.747. The van der Waals surface area contributed by atoms with Gasteiger partial charge in [0.25, 0.3) is 0 Å². The van der Waals surface area contributed by atoms with Crippen LogP contribution in [-0.4, -0.2) is 7.05 Å². The Bertz CT molecular complexity index is 254. The average Bonchev–Trinajstić information content (AvgIpc) is 2.47. The van der Waals surface area contributed by atoms with E-state index in [2.05, 4.69) is 46.2 Å². The number of hydrogen-bond donors (Lipinski definition) is 3. The Hall–Kier alpha value is -0.360. The topological polar surface area (TPSA) is 50.1 Å². The van der Waals surface area contributed by atoms with Crippen molar-refractivity contribution in [2.75, 3.05) is 7.05 Å². The van der Waals surface area contributed by atoms with Crippen molar-refractivity contribution in [1.82, 2.24) is 10.7 Å². The second-order valence-corrected chi connectivity index (χ2v) is 4.69. The smallest absolute Gasteiger partial charge is 0.0443 e. The highest BCUT2D eigenvalue weighted by Gasteiger charge is 2.00. The number of halogens is 1. The molecule has 0 bridgehead atoms.